The second-order valence-corrected chi connectivity index (χ2v) is 9.40. The van der Waals surface area contributed by atoms with Gasteiger partial charge < -0.3 is 16.0 Å². The Kier molecular flexibility index (Phi) is 5.59. The summed E-state index contributed by atoms with van der Waals surface area (Å²) in [4.78, 5) is 21.2. The highest BCUT2D eigenvalue weighted by Gasteiger charge is 2.19. The van der Waals surface area contributed by atoms with Crippen LogP contribution in [0.3, 0.4) is 0 Å². The zero-order chi connectivity index (χ0) is 23.8. The van der Waals surface area contributed by atoms with Gasteiger partial charge in [-0.1, -0.05) is 12.1 Å². The molecule has 8 nitrogen and oxygen atoms in total. The Labute approximate surface area is 204 Å². The minimum absolute atomic E-state index is 0.0823. The van der Waals surface area contributed by atoms with E-state index in [0.29, 0.717) is 28.2 Å². The molecule has 4 N–H and O–H groups in total. The summed E-state index contributed by atoms with van der Waals surface area (Å²) in [5.74, 6) is 0.0566. The SMILES string of the molecule is O=C(NCc1ccc(-c2ccnc3[nH]nc(NC4CCNC4)c23)cc1F)c1ccc2scnc2c1. The van der Waals surface area contributed by atoms with Crippen LogP contribution in [0.25, 0.3) is 32.4 Å². The summed E-state index contributed by atoms with van der Waals surface area (Å²) in [7, 11) is 0. The maximum atomic E-state index is 15.1. The highest BCUT2D eigenvalue weighted by atomic mass is 32.1. The molecule has 6 rings (SSSR count). The van der Waals surface area contributed by atoms with Crippen LogP contribution >= 0.6 is 11.3 Å². The summed E-state index contributed by atoms with van der Waals surface area (Å²) in [6.07, 6.45) is 2.69. The number of rotatable bonds is 6. The number of aromatic nitrogens is 4. The summed E-state index contributed by atoms with van der Waals surface area (Å²) in [6.45, 7) is 1.92. The number of carbonyl (C=O) groups is 1. The number of hydrogen-bond donors (Lipinski definition) is 4. The van der Waals surface area contributed by atoms with Crippen LogP contribution in [-0.2, 0) is 6.54 Å². The molecule has 5 aromatic rings. The van der Waals surface area contributed by atoms with E-state index >= 15 is 4.39 Å². The molecule has 35 heavy (non-hydrogen) atoms. The predicted molar refractivity (Wildman–Crippen MR) is 135 cm³/mol. The molecule has 1 amide bonds. The minimum atomic E-state index is -0.388. The first kappa shape index (κ1) is 21.6. The molecular weight excluding hydrogens is 465 g/mol. The van der Waals surface area contributed by atoms with Gasteiger partial charge in [0.25, 0.3) is 5.91 Å². The van der Waals surface area contributed by atoms with Crippen molar-refractivity contribution in [2.45, 2.75) is 19.0 Å². The van der Waals surface area contributed by atoms with Crippen molar-refractivity contribution in [3.63, 3.8) is 0 Å². The van der Waals surface area contributed by atoms with E-state index in [1.807, 2.05) is 18.2 Å². The molecule has 1 unspecified atom stereocenters. The Bertz CT molecular complexity index is 1540. The number of aromatic amines is 1. The van der Waals surface area contributed by atoms with Crippen molar-refractivity contribution in [1.29, 1.82) is 0 Å². The van der Waals surface area contributed by atoms with Crippen LogP contribution in [0.4, 0.5) is 10.2 Å². The van der Waals surface area contributed by atoms with Gasteiger partial charge in [0.2, 0.25) is 0 Å². The zero-order valence-corrected chi connectivity index (χ0v) is 19.5. The monoisotopic (exact) mass is 487 g/mol. The van der Waals surface area contributed by atoms with Gasteiger partial charge in [0.1, 0.15) is 5.82 Å². The number of anilines is 1. The third-order valence-corrected chi connectivity index (χ3v) is 7.07. The number of thiazole rings is 1. The molecule has 1 aliphatic rings. The third kappa shape index (κ3) is 4.22. The maximum Gasteiger partial charge on any atom is 0.251 e. The molecule has 1 fully saturated rings. The van der Waals surface area contributed by atoms with E-state index in [0.717, 1.165) is 40.7 Å². The van der Waals surface area contributed by atoms with Gasteiger partial charge in [-0.05, 0) is 54.4 Å². The highest BCUT2D eigenvalue weighted by Crippen LogP contribution is 2.33. The molecule has 0 radical (unpaired) electrons. The molecule has 2 aromatic carbocycles. The van der Waals surface area contributed by atoms with E-state index in [1.54, 1.807) is 29.9 Å². The first-order valence-electron chi connectivity index (χ1n) is 11.4. The first-order valence-corrected chi connectivity index (χ1v) is 12.2. The highest BCUT2D eigenvalue weighted by molar-refractivity contribution is 7.16. The minimum Gasteiger partial charge on any atom is -0.364 e. The molecule has 1 saturated heterocycles. The molecule has 0 aliphatic carbocycles. The van der Waals surface area contributed by atoms with Gasteiger partial charge in [0.05, 0.1) is 21.1 Å². The van der Waals surface area contributed by atoms with Crippen LogP contribution in [0.5, 0.6) is 0 Å². The first-order chi connectivity index (χ1) is 17.2. The van der Waals surface area contributed by atoms with Crippen molar-refractivity contribution < 1.29 is 9.18 Å². The molecule has 3 aromatic heterocycles. The Morgan fingerprint density at radius 1 is 1.17 bits per heavy atom. The molecule has 0 bridgehead atoms. The Hall–Kier alpha value is -3.89. The Morgan fingerprint density at radius 3 is 2.97 bits per heavy atom. The molecule has 1 atom stereocenters. The fourth-order valence-electron chi connectivity index (χ4n) is 4.40. The zero-order valence-electron chi connectivity index (χ0n) is 18.6. The number of nitrogens with one attached hydrogen (secondary N) is 4. The van der Waals surface area contributed by atoms with Crippen LogP contribution in [0, 0.1) is 5.82 Å². The summed E-state index contributed by atoms with van der Waals surface area (Å²) in [5.41, 5.74) is 5.62. The molecule has 1 aliphatic heterocycles. The number of pyridine rings is 1. The summed E-state index contributed by atoms with van der Waals surface area (Å²) in [5, 5.41) is 17.8. The van der Waals surface area contributed by atoms with Crippen LogP contribution in [-0.4, -0.2) is 45.2 Å². The van der Waals surface area contributed by atoms with Gasteiger partial charge in [-0.25, -0.2) is 14.4 Å². The predicted octanol–water partition coefficient (Wildman–Crippen LogP) is 4.08. The standard InChI is InChI=1S/C25H22FN7OS/c26-19-9-14(18-6-8-28-23-22(18)24(33-32-23)31-17-5-7-27-12-17)1-2-16(19)11-29-25(34)15-3-4-21-20(10-15)30-13-35-21/h1-4,6,8-10,13,17,27H,5,7,11-12H2,(H,29,34)(H2,28,31,32,33). The number of H-pyrrole nitrogens is 1. The number of amides is 1. The number of halogens is 1. The number of nitrogens with zero attached hydrogens (tertiary/aromatic N) is 3. The third-order valence-electron chi connectivity index (χ3n) is 6.26. The van der Waals surface area contributed by atoms with E-state index in [-0.39, 0.29) is 24.3 Å². The number of benzene rings is 2. The van der Waals surface area contributed by atoms with E-state index in [9.17, 15) is 4.79 Å². The van der Waals surface area contributed by atoms with Crippen molar-refractivity contribution in [2.75, 3.05) is 18.4 Å². The summed E-state index contributed by atoms with van der Waals surface area (Å²) >= 11 is 1.52. The van der Waals surface area contributed by atoms with Crippen molar-refractivity contribution in [1.82, 2.24) is 30.8 Å². The molecule has 10 heteroatoms. The summed E-state index contributed by atoms with van der Waals surface area (Å²) < 4.78 is 16.1. The van der Waals surface area contributed by atoms with Gasteiger partial charge in [-0.15, -0.1) is 11.3 Å². The van der Waals surface area contributed by atoms with Crippen LogP contribution in [0.1, 0.15) is 22.3 Å². The fourth-order valence-corrected chi connectivity index (χ4v) is 5.06. The van der Waals surface area contributed by atoms with Gasteiger partial charge in [0.15, 0.2) is 11.5 Å². The van der Waals surface area contributed by atoms with E-state index in [4.69, 9.17) is 0 Å². The van der Waals surface area contributed by atoms with Crippen molar-refractivity contribution in [2.24, 2.45) is 0 Å². The summed E-state index contributed by atoms with van der Waals surface area (Å²) in [6, 6.07) is 12.6. The Balaban J connectivity index is 1.22. The molecule has 0 saturated carbocycles. The number of hydrogen-bond acceptors (Lipinski definition) is 7. The number of fused-ring (bicyclic) bond motifs is 2. The van der Waals surface area contributed by atoms with Crippen LogP contribution in [0.15, 0.2) is 54.2 Å². The second kappa shape index (κ2) is 9.05. The van der Waals surface area contributed by atoms with E-state index < -0.39 is 0 Å². The maximum absolute atomic E-state index is 15.1. The smallest absolute Gasteiger partial charge is 0.251 e. The van der Waals surface area contributed by atoms with Gasteiger partial charge in [-0.3, -0.25) is 9.89 Å². The molecule has 176 valence electrons. The lowest BCUT2D eigenvalue weighted by molar-refractivity contribution is 0.0950. The topological polar surface area (TPSA) is 108 Å². The van der Waals surface area contributed by atoms with Crippen molar-refractivity contribution >= 4 is 44.3 Å². The molecule has 4 heterocycles. The quantitative estimate of drug-likeness (QED) is 0.288. The molecular formula is C25H22FN7OS. The van der Waals surface area contributed by atoms with Gasteiger partial charge >= 0.3 is 0 Å². The largest absolute Gasteiger partial charge is 0.364 e. The van der Waals surface area contributed by atoms with Gasteiger partial charge in [0, 0.05) is 36.5 Å². The van der Waals surface area contributed by atoms with E-state index in [1.165, 1.54) is 17.4 Å². The second-order valence-electron chi connectivity index (χ2n) is 8.51. The lowest BCUT2D eigenvalue weighted by Crippen LogP contribution is -2.23. The Morgan fingerprint density at radius 2 is 2.11 bits per heavy atom. The van der Waals surface area contributed by atoms with Gasteiger partial charge in [-0.2, -0.15) is 5.10 Å². The lowest BCUT2D eigenvalue weighted by Gasteiger charge is -2.12. The van der Waals surface area contributed by atoms with Crippen LogP contribution < -0.4 is 16.0 Å². The number of carbonyl (C=O) groups excluding carboxylic acids is 1. The average molecular weight is 488 g/mol. The van der Waals surface area contributed by atoms with Crippen molar-refractivity contribution in [3.8, 4) is 11.1 Å². The normalized spacial score (nSPS) is 15.6. The fraction of sp³-hybridized carbons (Fsp3) is 0.200. The lowest BCUT2D eigenvalue weighted by atomic mass is 10.0. The van der Waals surface area contributed by atoms with E-state index in [2.05, 4.69) is 36.1 Å². The van der Waals surface area contributed by atoms with Crippen LogP contribution in [0.2, 0.25) is 0 Å². The molecule has 0 spiro atoms. The average Bonchev–Trinajstić information content (AvgIpc) is 3.64. The van der Waals surface area contributed by atoms with Crippen molar-refractivity contribution in [3.05, 3.63) is 71.1 Å².